The lowest BCUT2D eigenvalue weighted by molar-refractivity contribution is -0.0442. The van der Waals surface area contributed by atoms with E-state index in [1.165, 1.54) is 10.9 Å². The van der Waals surface area contributed by atoms with Gasteiger partial charge in [-0.05, 0) is 6.92 Å². The minimum Gasteiger partial charge on any atom is -0.394 e. The van der Waals surface area contributed by atoms with E-state index in [2.05, 4.69) is 15.0 Å². The summed E-state index contributed by atoms with van der Waals surface area (Å²) in [6, 6.07) is 0. The predicted molar refractivity (Wildman–Crippen MR) is 72.4 cm³/mol. The molecular weight excluding hydrogens is 278 g/mol. The van der Waals surface area contributed by atoms with Crippen LogP contribution in [0.4, 0.5) is 5.82 Å². The van der Waals surface area contributed by atoms with Crippen LogP contribution < -0.4 is 11.3 Å². The molecule has 9 nitrogen and oxygen atoms in total. The number of aromatic nitrogens is 4. The molecule has 0 amide bonds. The number of anilines is 1. The van der Waals surface area contributed by atoms with E-state index in [0.29, 0.717) is 5.52 Å². The van der Waals surface area contributed by atoms with Gasteiger partial charge >= 0.3 is 0 Å². The summed E-state index contributed by atoms with van der Waals surface area (Å²) in [6.07, 6.45) is -0.907. The lowest BCUT2D eigenvalue weighted by Gasteiger charge is -2.17. The Morgan fingerprint density at radius 3 is 2.95 bits per heavy atom. The maximum atomic E-state index is 12.4. The largest absolute Gasteiger partial charge is 0.394 e. The summed E-state index contributed by atoms with van der Waals surface area (Å²) in [5.74, 6) is 0.161. The second-order valence-corrected chi connectivity index (χ2v) is 4.92. The molecule has 2 aromatic heterocycles. The Kier molecular flexibility index (Phi) is 3.32. The van der Waals surface area contributed by atoms with Crippen LogP contribution in [0, 0.1) is 6.92 Å². The molecule has 0 spiro atoms. The first-order valence-corrected chi connectivity index (χ1v) is 6.46. The van der Waals surface area contributed by atoms with Crippen LogP contribution in [0.25, 0.3) is 11.2 Å². The number of fused-ring (bicyclic) bond motifs is 1. The monoisotopic (exact) mass is 293 g/mol. The highest BCUT2D eigenvalue weighted by Crippen LogP contribution is 2.29. The van der Waals surface area contributed by atoms with Crippen LogP contribution in [0.3, 0.4) is 0 Å². The number of hydrogen-bond acceptors (Lipinski definition) is 8. The molecule has 112 valence electrons. The van der Waals surface area contributed by atoms with E-state index in [9.17, 15) is 9.90 Å². The standard InChI is InChI=1S/C12H15N5O4/c1-5-12(20)17(8-2-6(19)7(3-18)21-8)11-9(16-5)10(13)14-4-15-11/h4,6-8,18-19H,2-3H2,1H3,(H2,13,14,15)/t6-,7+,8?/m0/s1. The van der Waals surface area contributed by atoms with Crippen molar-refractivity contribution in [3.8, 4) is 0 Å². The summed E-state index contributed by atoms with van der Waals surface area (Å²) in [7, 11) is 0. The van der Waals surface area contributed by atoms with Crippen molar-refractivity contribution >= 4 is 17.0 Å². The quantitative estimate of drug-likeness (QED) is 0.622. The molecule has 9 heteroatoms. The van der Waals surface area contributed by atoms with Gasteiger partial charge in [0.25, 0.3) is 5.56 Å². The fraction of sp³-hybridized carbons (Fsp3) is 0.500. The number of nitrogens with zero attached hydrogens (tertiary/aromatic N) is 4. The first-order chi connectivity index (χ1) is 10.0. The number of rotatable bonds is 2. The van der Waals surface area contributed by atoms with Crippen LogP contribution >= 0.6 is 0 Å². The van der Waals surface area contributed by atoms with Crippen LogP contribution in [0.5, 0.6) is 0 Å². The molecule has 0 aromatic carbocycles. The Labute approximate surface area is 119 Å². The lowest BCUT2D eigenvalue weighted by atomic mass is 10.2. The fourth-order valence-electron chi connectivity index (χ4n) is 2.46. The molecule has 1 unspecified atom stereocenters. The first kappa shape index (κ1) is 13.9. The molecule has 1 aliphatic rings. The van der Waals surface area contributed by atoms with E-state index >= 15 is 0 Å². The molecule has 1 aliphatic heterocycles. The van der Waals surface area contributed by atoms with Crippen molar-refractivity contribution in [1.29, 1.82) is 0 Å². The van der Waals surface area contributed by atoms with Crippen molar-refractivity contribution in [2.24, 2.45) is 0 Å². The Morgan fingerprint density at radius 1 is 1.52 bits per heavy atom. The molecule has 1 fully saturated rings. The van der Waals surface area contributed by atoms with E-state index in [1.807, 2.05) is 0 Å². The van der Waals surface area contributed by atoms with Crippen molar-refractivity contribution in [2.45, 2.75) is 31.8 Å². The van der Waals surface area contributed by atoms with Gasteiger partial charge in [0.1, 0.15) is 29.9 Å². The predicted octanol–water partition coefficient (Wildman–Crippen LogP) is -1.28. The second kappa shape index (κ2) is 5.02. The molecule has 0 saturated carbocycles. The smallest absolute Gasteiger partial charge is 0.275 e. The Balaban J connectivity index is 2.21. The van der Waals surface area contributed by atoms with Gasteiger partial charge in [0.2, 0.25) is 0 Å². The van der Waals surface area contributed by atoms with Crippen LogP contribution in [0.1, 0.15) is 18.3 Å². The van der Waals surface area contributed by atoms with Gasteiger partial charge in [-0.25, -0.2) is 15.0 Å². The number of nitrogens with two attached hydrogens (primary N) is 1. The molecule has 4 N–H and O–H groups in total. The van der Waals surface area contributed by atoms with Gasteiger partial charge in [0.05, 0.1) is 12.7 Å². The molecule has 1 saturated heterocycles. The van der Waals surface area contributed by atoms with Crippen molar-refractivity contribution in [2.75, 3.05) is 12.3 Å². The number of hydrogen-bond donors (Lipinski definition) is 3. The third kappa shape index (κ3) is 2.15. The lowest BCUT2D eigenvalue weighted by Crippen LogP contribution is -2.29. The minimum absolute atomic E-state index is 0.161. The number of nitrogen functional groups attached to an aromatic ring is 1. The van der Waals surface area contributed by atoms with Gasteiger partial charge < -0.3 is 20.7 Å². The minimum atomic E-state index is -0.852. The highest BCUT2D eigenvalue weighted by Gasteiger charge is 2.36. The second-order valence-electron chi connectivity index (χ2n) is 4.92. The van der Waals surface area contributed by atoms with E-state index < -0.39 is 18.4 Å². The molecule has 3 rings (SSSR count). The van der Waals surface area contributed by atoms with Gasteiger partial charge in [-0.2, -0.15) is 0 Å². The Bertz CT molecular complexity index is 746. The van der Waals surface area contributed by atoms with E-state index in [1.54, 1.807) is 6.92 Å². The van der Waals surface area contributed by atoms with E-state index in [4.69, 9.17) is 15.6 Å². The third-order valence-electron chi connectivity index (χ3n) is 3.54. The molecule has 2 aromatic rings. The molecule has 0 bridgehead atoms. The van der Waals surface area contributed by atoms with Crippen molar-refractivity contribution < 1.29 is 14.9 Å². The fourth-order valence-corrected chi connectivity index (χ4v) is 2.46. The number of aliphatic hydroxyl groups excluding tert-OH is 2. The topological polar surface area (TPSA) is 136 Å². The summed E-state index contributed by atoms with van der Waals surface area (Å²) in [5, 5.41) is 19.0. The molecular formula is C12H15N5O4. The molecule has 21 heavy (non-hydrogen) atoms. The summed E-state index contributed by atoms with van der Waals surface area (Å²) < 4.78 is 6.83. The zero-order valence-corrected chi connectivity index (χ0v) is 11.3. The van der Waals surface area contributed by atoms with E-state index in [-0.39, 0.29) is 35.7 Å². The summed E-state index contributed by atoms with van der Waals surface area (Å²) in [6.45, 7) is 1.23. The van der Waals surface area contributed by atoms with Gasteiger partial charge in [0.15, 0.2) is 11.5 Å². The number of aliphatic hydroxyl groups is 2. The molecule has 3 heterocycles. The van der Waals surface area contributed by atoms with Crippen molar-refractivity contribution in [3.05, 3.63) is 22.4 Å². The van der Waals surface area contributed by atoms with E-state index in [0.717, 1.165) is 0 Å². The van der Waals surface area contributed by atoms with Gasteiger partial charge in [-0.1, -0.05) is 0 Å². The average Bonchev–Trinajstić information content (AvgIpc) is 2.82. The zero-order chi connectivity index (χ0) is 15.1. The Hall–Kier alpha value is -2.10. The van der Waals surface area contributed by atoms with Crippen LogP contribution in [0.15, 0.2) is 11.1 Å². The van der Waals surface area contributed by atoms with Crippen LogP contribution in [0.2, 0.25) is 0 Å². The molecule has 3 atom stereocenters. The maximum absolute atomic E-state index is 12.4. The maximum Gasteiger partial charge on any atom is 0.275 e. The third-order valence-corrected chi connectivity index (χ3v) is 3.54. The van der Waals surface area contributed by atoms with Gasteiger partial charge in [-0.3, -0.25) is 9.36 Å². The van der Waals surface area contributed by atoms with Crippen LogP contribution in [-0.2, 0) is 4.74 Å². The highest BCUT2D eigenvalue weighted by atomic mass is 16.5. The highest BCUT2D eigenvalue weighted by molar-refractivity contribution is 5.80. The Morgan fingerprint density at radius 2 is 2.29 bits per heavy atom. The van der Waals surface area contributed by atoms with Crippen molar-refractivity contribution in [3.63, 3.8) is 0 Å². The van der Waals surface area contributed by atoms with Gasteiger partial charge in [0, 0.05) is 6.42 Å². The summed E-state index contributed by atoms with van der Waals surface area (Å²) >= 11 is 0. The SMILES string of the molecule is Cc1nc2c(N)ncnc2n(C2C[C@H](O)[C@@H](CO)O2)c1=O. The zero-order valence-electron chi connectivity index (χ0n) is 11.3. The van der Waals surface area contributed by atoms with Crippen LogP contribution in [-0.4, -0.2) is 48.5 Å². The summed E-state index contributed by atoms with van der Waals surface area (Å²) in [4.78, 5) is 24.4. The normalized spacial score (nSPS) is 25.6. The van der Waals surface area contributed by atoms with Crippen molar-refractivity contribution in [1.82, 2.24) is 19.5 Å². The average molecular weight is 293 g/mol. The summed E-state index contributed by atoms with van der Waals surface area (Å²) in [5.41, 5.74) is 6.17. The number of ether oxygens (including phenoxy) is 1. The van der Waals surface area contributed by atoms with Gasteiger partial charge in [-0.15, -0.1) is 0 Å². The first-order valence-electron chi connectivity index (χ1n) is 6.46. The molecule has 0 radical (unpaired) electrons. The number of aryl methyl sites for hydroxylation is 1. The molecule has 0 aliphatic carbocycles.